The smallest absolute Gasteiger partial charge is 0.138 e. The molecule has 0 N–H and O–H groups in total. The van der Waals surface area contributed by atoms with Crippen molar-refractivity contribution >= 4 is 11.3 Å². The normalized spacial score (nSPS) is 27.0. The molecule has 0 radical (unpaired) electrons. The van der Waals surface area contributed by atoms with E-state index in [9.17, 15) is 0 Å². The summed E-state index contributed by atoms with van der Waals surface area (Å²) in [4.78, 5) is 6.95. The summed E-state index contributed by atoms with van der Waals surface area (Å²) >= 11 is 1.67. The third-order valence-corrected chi connectivity index (χ3v) is 5.93. The Labute approximate surface area is 145 Å². The van der Waals surface area contributed by atoms with E-state index in [0.29, 0.717) is 18.6 Å². The van der Waals surface area contributed by atoms with Crippen LogP contribution >= 0.6 is 11.3 Å². The summed E-state index contributed by atoms with van der Waals surface area (Å²) in [6.07, 6.45) is 0.194. The number of ether oxygens (including phenoxy) is 2. The highest BCUT2D eigenvalue weighted by atomic mass is 32.1. The summed E-state index contributed by atoms with van der Waals surface area (Å²) in [6.45, 7) is 9.92. The van der Waals surface area contributed by atoms with Gasteiger partial charge in [-0.05, 0) is 20.8 Å². The van der Waals surface area contributed by atoms with Gasteiger partial charge in [-0.15, -0.1) is 11.3 Å². The van der Waals surface area contributed by atoms with Gasteiger partial charge in [0.25, 0.3) is 0 Å². The second-order valence-corrected chi connectivity index (χ2v) is 7.77. The van der Waals surface area contributed by atoms with Gasteiger partial charge in [-0.3, -0.25) is 4.90 Å². The van der Waals surface area contributed by atoms with Gasteiger partial charge in [0.05, 0.1) is 42.3 Å². The molecule has 2 aliphatic heterocycles. The fraction of sp³-hybridized carbons (Fsp3) is 0.647. The van der Waals surface area contributed by atoms with Gasteiger partial charge in [0.15, 0.2) is 0 Å². The molecule has 2 saturated heterocycles. The molecule has 2 aromatic heterocycles. The van der Waals surface area contributed by atoms with Gasteiger partial charge < -0.3 is 14.0 Å². The van der Waals surface area contributed by atoms with Crippen molar-refractivity contribution in [3.05, 3.63) is 33.1 Å². The molecule has 0 unspecified atom stereocenters. The Morgan fingerprint density at radius 3 is 2.92 bits per heavy atom. The van der Waals surface area contributed by atoms with E-state index in [1.807, 2.05) is 20.8 Å². The summed E-state index contributed by atoms with van der Waals surface area (Å²) in [6, 6.07) is 0.417. The van der Waals surface area contributed by atoms with Gasteiger partial charge in [0.1, 0.15) is 5.76 Å². The first-order valence-corrected chi connectivity index (χ1v) is 9.26. The van der Waals surface area contributed by atoms with Crippen molar-refractivity contribution in [2.75, 3.05) is 19.8 Å². The zero-order chi connectivity index (χ0) is 16.7. The number of aromatic nitrogens is 2. The minimum absolute atomic E-state index is 0.194. The van der Waals surface area contributed by atoms with Crippen molar-refractivity contribution in [1.29, 1.82) is 0 Å². The third kappa shape index (κ3) is 3.01. The molecule has 2 fully saturated rings. The van der Waals surface area contributed by atoms with Crippen LogP contribution in [0.4, 0.5) is 0 Å². The fourth-order valence-corrected chi connectivity index (χ4v) is 4.35. The van der Waals surface area contributed by atoms with Gasteiger partial charge in [0, 0.05) is 36.0 Å². The average molecular weight is 349 g/mol. The van der Waals surface area contributed by atoms with E-state index in [4.69, 9.17) is 14.0 Å². The predicted molar refractivity (Wildman–Crippen MR) is 89.9 cm³/mol. The first-order chi connectivity index (χ1) is 11.6. The number of aryl methyl sites for hydroxylation is 3. The van der Waals surface area contributed by atoms with Gasteiger partial charge in [-0.1, -0.05) is 5.16 Å². The first-order valence-electron chi connectivity index (χ1n) is 8.38. The van der Waals surface area contributed by atoms with Gasteiger partial charge in [0.2, 0.25) is 0 Å². The molecule has 3 atom stereocenters. The van der Waals surface area contributed by atoms with Crippen LogP contribution in [0, 0.1) is 26.7 Å². The highest BCUT2D eigenvalue weighted by Crippen LogP contribution is 2.34. The van der Waals surface area contributed by atoms with Crippen molar-refractivity contribution in [1.82, 2.24) is 15.0 Å². The maximum Gasteiger partial charge on any atom is 0.138 e. The Kier molecular flexibility index (Phi) is 4.42. The number of hydrogen-bond acceptors (Lipinski definition) is 7. The topological polar surface area (TPSA) is 60.6 Å². The Morgan fingerprint density at radius 2 is 2.21 bits per heavy atom. The van der Waals surface area contributed by atoms with E-state index in [1.165, 1.54) is 5.56 Å². The molecule has 0 aliphatic carbocycles. The maximum atomic E-state index is 6.21. The van der Waals surface area contributed by atoms with Crippen LogP contribution in [0.2, 0.25) is 0 Å². The van der Waals surface area contributed by atoms with E-state index in [1.54, 1.807) is 11.3 Å². The first kappa shape index (κ1) is 16.2. The number of hydrogen-bond donors (Lipinski definition) is 0. The fourth-order valence-electron chi connectivity index (χ4n) is 3.75. The summed E-state index contributed by atoms with van der Waals surface area (Å²) in [7, 11) is 0. The largest absolute Gasteiger partial charge is 0.379 e. The van der Waals surface area contributed by atoms with Crippen LogP contribution < -0.4 is 0 Å². The van der Waals surface area contributed by atoms with Gasteiger partial charge in [-0.25, -0.2) is 4.98 Å². The zero-order valence-corrected chi connectivity index (χ0v) is 15.1. The molecule has 24 heavy (non-hydrogen) atoms. The predicted octanol–water partition coefficient (Wildman–Crippen LogP) is 2.47. The minimum atomic E-state index is 0.194. The second kappa shape index (κ2) is 6.55. The summed E-state index contributed by atoms with van der Waals surface area (Å²) in [5.41, 5.74) is 3.19. The maximum absolute atomic E-state index is 6.21. The van der Waals surface area contributed by atoms with Crippen LogP contribution in [0.3, 0.4) is 0 Å². The van der Waals surface area contributed by atoms with Gasteiger partial charge >= 0.3 is 0 Å². The van der Waals surface area contributed by atoms with Crippen LogP contribution in [0.5, 0.6) is 0 Å². The average Bonchev–Trinajstić information content (AvgIpc) is 3.30. The van der Waals surface area contributed by atoms with E-state index < -0.39 is 0 Å². The minimum Gasteiger partial charge on any atom is -0.379 e. The molecule has 130 valence electrons. The molecule has 6 nitrogen and oxygen atoms in total. The monoisotopic (exact) mass is 349 g/mol. The van der Waals surface area contributed by atoms with Crippen LogP contribution in [-0.2, 0) is 22.6 Å². The Hall–Kier alpha value is -1.28. The van der Waals surface area contributed by atoms with Gasteiger partial charge in [-0.2, -0.15) is 0 Å². The highest BCUT2D eigenvalue weighted by molar-refractivity contribution is 7.09. The number of fused-ring (bicyclic) bond motifs is 1. The number of thiazole rings is 1. The van der Waals surface area contributed by atoms with Crippen LogP contribution in [-0.4, -0.2) is 46.9 Å². The van der Waals surface area contributed by atoms with Crippen molar-refractivity contribution < 1.29 is 14.0 Å². The molecule has 0 saturated carbocycles. The second-order valence-electron chi connectivity index (χ2n) is 6.71. The van der Waals surface area contributed by atoms with E-state index in [0.717, 1.165) is 48.5 Å². The molecule has 0 spiro atoms. The number of nitrogens with zero attached hydrogens (tertiary/aromatic N) is 3. The lowest BCUT2D eigenvalue weighted by molar-refractivity contribution is 0.00753. The molecule has 2 aliphatic rings. The van der Waals surface area contributed by atoms with E-state index >= 15 is 0 Å². The lowest BCUT2D eigenvalue weighted by Gasteiger charge is -2.21. The van der Waals surface area contributed by atoms with Crippen molar-refractivity contribution in [2.45, 2.75) is 46.1 Å². The van der Waals surface area contributed by atoms with Crippen molar-refractivity contribution in [3.8, 4) is 0 Å². The summed E-state index contributed by atoms with van der Waals surface area (Å²) in [5, 5.41) is 7.23. The van der Waals surface area contributed by atoms with E-state index in [-0.39, 0.29) is 6.10 Å². The van der Waals surface area contributed by atoms with E-state index in [2.05, 4.69) is 20.4 Å². The van der Waals surface area contributed by atoms with Crippen LogP contribution in [0.25, 0.3) is 0 Å². The number of rotatable bonds is 5. The standard InChI is InChI=1S/C17H23N3O3S/c1-10-14(11(2)23-19-10)4-20-5-17(15-7-21-8-16(15)20)22-6-13-9-24-12(3)18-13/h9,15-17H,4-8H2,1-3H3/t15-,16+,17-/m0/s1. The molecule has 0 bridgehead atoms. The highest BCUT2D eigenvalue weighted by Gasteiger charge is 2.46. The Morgan fingerprint density at radius 1 is 1.33 bits per heavy atom. The zero-order valence-electron chi connectivity index (χ0n) is 14.3. The molecular weight excluding hydrogens is 326 g/mol. The molecule has 4 heterocycles. The number of likely N-dealkylation sites (tertiary alicyclic amines) is 1. The molecule has 4 rings (SSSR count). The molecule has 0 amide bonds. The van der Waals surface area contributed by atoms with Crippen molar-refractivity contribution in [3.63, 3.8) is 0 Å². The van der Waals surface area contributed by atoms with Crippen LogP contribution in [0.1, 0.15) is 27.7 Å². The molecular formula is C17H23N3O3S. The molecule has 2 aromatic rings. The van der Waals surface area contributed by atoms with Crippen LogP contribution in [0.15, 0.2) is 9.90 Å². The third-order valence-electron chi connectivity index (χ3n) is 5.11. The molecule has 0 aromatic carbocycles. The SMILES string of the molecule is Cc1nc(CO[C@H]2CN(Cc3c(C)noc3C)[C@@H]3COC[C@H]23)cs1. The Balaban J connectivity index is 1.43. The summed E-state index contributed by atoms with van der Waals surface area (Å²) < 4.78 is 17.2. The lowest BCUT2D eigenvalue weighted by Crippen LogP contribution is -2.32. The Bertz CT molecular complexity index is 694. The molecule has 7 heteroatoms. The quantitative estimate of drug-likeness (QED) is 0.826. The lowest BCUT2D eigenvalue weighted by atomic mass is 10.0. The summed E-state index contributed by atoms with van der Waals surface area (Å²) in [5.74, 6) is 1.34. The van der Waals surface area contributed by atoms with Crippen molar-refractivity contribution in [2.24, 2.45) is 5.92 Å².